The lowest BCUT2D eigenvalue weighted by Crippen LogP contribution is -2.48. The number of hydrogen-bond donors (Lipinski definition) is 0. The van der Waals surface area contributed by atoms with Gasteiger partial charge in [0.2, 0.25) is 0 Å². The van der Waals surface area contributed by atoms with Gasteiger partial charge in [0.1, 0.15) is 4.88 Å². The molecular formula is C14H14ClN3OS. The fraction of sp³-hybridized carbons (Fsp3) is 0.286. The molecule has 0 bridgehead atoms. The quantitative estimate of drug-likeness (QED) is 0.856. The Balaban J connectivity index is 1.64. The number of nitrogens with zero attached hydrogens (tertiary/aromatic N) is 3. The Hall–Kier alpha value is -1.59. The Morgan fingerprint density at radius 1 is 1.25 bits per heavy atom. The monoisotopic (exact) mass is 307 g/mol. The van der Waals surface area contributed by atoms with E-state index < -0.39 is 0 Å². The number of thiazole rings is 1. The number of piperazine rings is 1. The number of aromatic nitrogens is 1. The molecule has 1 amide bonds. The van der Waals surface area contributed by atoms with Crippen LogP contribution in [0.1, 0.15) is 9.67 Å². The summed E-state index contributed by atoms with van der Waals surface area (Å²) >= 11 is 7.40. The van der Waals surface area contributed by atoms with Gasteiger partial charge in [-0.1, -0.05) is 17.7 Å². The second-order valence-corrected chi connectivity index (χ2v) is 5.95. The molecule has 6 heteroatoms. The summed E-state index contributed by atoms with van der Waals surface area (Å²) in [6.07, 6.45) is 1.64. The normalized spacial score (nSPS) is 15.4. The van der Waals surface area contributed by atoms with E-state index in [-0.39, 0.29) is 5.91 Å². The van der Waals surface area contributed by atoms with Crippen molar-refractivity contribution in [3.05, 3.63) is 45.9 Å². The maximum Gasteiger partial charge on any atom is 0.265 e. The van der Waals surface area contributed by atoms with E-state index in [9.17, 15) is 4.79 Å². The minimum atomic E-state index is 0.0817. The highest BCUT2D eigenvalue weighted by molar-refractivity contribution is 7.11. The molecule has 0 spiro atoms. The third-order valence-electron chi connectivity index (χ3n) is 3.38. The summed E-state index contributed by atoms with van der Waals surface area (Å²) in [5.41, 5.74) is 2.80. The molecular weight excluding hydrogens is 294 g/mol. The summed E-state index contributed by atoms with van der Waals surface area (Å²) in [7, 11) is 0. The van der Waals surface area contributed by atoms with Crippen LogP contribution in [0.5, 0.6) is 0 Å². The first kappa shape index (κ1) is 13.4. The summed E-state index contributed by atoms with van der Waals surface area (Å²) in [6, 6.07) is 7.83. The Kier molecular flexibility index (Phi) is 3.89. The predicted octanol–water partition coefficient (Wildman–Crippen LogP) is 2.76. The van der Waals surface area contributed by atoms with Crippen molar-refractivity contribution in [1.29, 1.82) is 0 Å². The van der Waals surface area contributed by atoms with Gasteiger partial charge in [-0.25, -0.2) is 0 Å². The summed E-state index contributed by atoms with van der Waals surface area (Å²) in [5, 5.41) is 0.741. The van der Waals surface area contributed by atoms with Gasteiger partial charge in [0.05, 0.1) is 11.7 Å². The second-order valence-electron chi connectivity index (χ2n) is 4.62. The van der Waals surface area contributed by atoms with Crippen molar-refractivity contribution in [3.8, 4) is 0 Å². The Labute approximate surface area is 126 Å². The van der Waals surface area contributed by atoms with Crippen LogP contribution < -0.4 is 4.90 Å². The van der Waals surface area contributed by atoms with Crippen molar-refractivity contribution in [3.63, 3.8) is 0 Å². The average Bonchev–Trinajstić information content (AvgIpc) is 3.01. The molecule has 1 aliphatic heterocycles. The minimum Gasteiger partial charge on any atom is -0.368 e. The van der Waals surface area contributed by atoms with E-state index in [2.05, 4.69) is 9.88 Å². The van der Waals surface area contributed by atoms with Gasteiger partial charge < -0.3 is 9.80 Å². The molecule has 1 aromatic carbocycles. The molecule has 20 heavy (non-hydrogen) atoms. The Morgan fingerprint density at radius 3 is 2.70 bits per heavy atom. The van der Waals surface area contributed by atoms with Crippen LogP contribution >= 0.6 is 22.9 Å². The van der Waals surface area contributed by atoms with Gasteiger partial charge >= 0.3 is 0 Å². The molecule has 0 N–H and O–H groups in total. The number of rotatable bonds is 2. The molecule has 0 unspecified atom stereocenters. The fourth-order valence-corrected chi connectivity index (χ4v) is 3.09. The first-order valence-corrected chi connectivity index (χ1v) is 7.68. The molecule has 104 valence electrons. The number of benzene rings is 1. The van der Waals surface area contributed by atoms with Gasteiger partial charge in [-0.3, -0.25) is 9.78 Å². The molecule has 1 saturated heterocycles. The van der Waals surface area contributed by atoms with E-state index in [1.165, 1.54) is 11.3 Å². The summed E-state index contributed by atoms with van der Waals surface area (Å²) in [5.74, 6) is 0.0817. The van der Waals surface area contributed by atoms with Crippen LogP contribution in [0.3, 0.4) is 0 Å². The molecule has 1 aromatic heterocycles. The molecule has 4 nitrogen and oxygen atoms in total. The van der Waals surface area contributed by atoms with Crippen molar-refractivity contribution in [2.45, 2.75) is 0 Å². The number of hydrogen-bond acceptors (Lipinski definition) is 4. The zero-order valence-corrected chi connectivity index (χ0v) is 12.4. The largest absolute Gasteiger partial charge is 0.368 e. The maximum atomic E-state index is 12.2. The van der Waals surface area contributed by atoms with Crippen LogP contribution in [-0.4, -0.2) is 42.0 Å². The molecule has 0 atom stereocenters. The smallest absolute Gasteiger partial charge is 0.265 e. The van der Waals surface area contributed by atoms with Gasteiger partial charge in [0.15, 0.2) is 0 Å². The van der Waals surface area contributed by atoms with Crippen LogP contribution in [0, 0.1) is 0 Å². The van der Waals surface area contributed by atoms with Crippen LogP contribution in [-0.2, 0) is 0 Å². The number of anilines is 1. The lowest BCUT2D eigenvalue weighted by molar-refractivity contribution is 0.0751. The van der Waals surface area contributed by atoms with E-state index in [0.717, 1.165) is 36.9 Å². The van der Waals surface area contributed by atoms with Gasteiger partial charge in [-0.2, -0.15) is 0 Å². The van der Waals surface area contributed by atoms with Crippen LogP contribution in [0.2, 0.25) is 5.02 Å². The lowest BCUT2D eigenvalue weighted by Gasteiger charge is -2.36. The van der Waals surface area contributed by atoms with Crippen molar-refractivity contribution >= 4 is 34.5 Å². The van der Waals surface area contributed by atoms with Gasteiger partial charge in [0.25, 0.3) is 5.91 Å². The van der Waals surface area contributed by atoms with Gasteiger partial charge in [-0.05, 0) is 18.2 Å². The van der Waals surface area contributed by atoms with E-state index in [1.807, 2.05) is 29.2 Å². The third-order valence-corrected chi connectivity index (χ3v) is 4.38. The molecule has 0 radical (unpaired) electrons. The molecule has 0 saturated carbocycles. The SMILES string of the molecule is O=C(c1cncs1)N1CCN(c2cccc(Cl)c2)CC1. The lowest BCUT2D eigenvalue weighted by atomic mass is 10.2. The highest BCUT2D eigenvalue weighted by Gasteiger charge is 2.23. The van der Waals surface area contributed by atoms with Crippen molar-refractivity contribution < 1.29 is 4.79 Å². The molecule has 3 rings (SSSR count). The van der Waals surface area contributed by atoms with E-state index in [0.29, 0.717) is 4.88 Å². The number of carbonyl (C=O) groups is 1. The number of halogens is 1. The van der Waals surface area contributed by atoms with Crippen molar-refractivity contribution in [2.75, 3.05) is 31.1 Å². The number of amides is 1. The maximum absolute atomic E-state index is 12.2. The highest BCUT2D eigenvalue weighted by atomic mass is 35.5. The topological polar surface area (TPSA) is 36.4 Å². The van der Waals surface area contributed by atoms with Crippen LogP contribution in [0.15, 0.2) is 36.0 Å². The molecule has 2 heterocycles. The standard InChI is InChI=1S/C14H14ClN3OS/c15-11-2-1-3-12(8-11)17-4-6-18(7-5-17)14(19)13-9-16-10-20-13/h1-3,8-10H,4-7H2. The van der Waals surface area contributed by atoms with Crippen LogP contribution in [0.25, 0.3) is 0 Å². The van der Waals surface area contributed by atoms with Crippen molar-refractivity contribution in [1.82, 2.24) is 9.88 Å². The molecule has 1 aliphatic rings. The summed E-state index contributed by atoms with van der Waals surface area (Å²) < 4.78 is 0. The van der Waals surface area contributed by atoms with Crippen molar-refractivity contribution in [2.24, 2.45) is 0 Å². The van der Waals surface area contributed by atoms with Gasteiger partial charge in [0, 0.05) is 36.9 Å². The van der Waals surface area contributed by atoms with E-state index in [4.69, 9.17) is 11.6 Å². The fourth-order valence-electron chi connectivity index (χ4n) is 2.32. The first-order chi connectivity index (χ1) is 9.74. The summed E-state index contributed by atoms with van der Waals surface area (Å²) in [6.45, 7) is 3.10. The third kappa shape index (κ3) is 2.78. The van der Waals surface area contributed by atoms with E-state index in [1.54, 1.807) is 11.7 Å². The second kappa shape index (κ2) is 5.81. The van der Waals surface area contributed by atoms with Crippen LogP contribution in [0.4, 0.5) is 5.69 Å². The Bertz CT molecular complexity index is 594. The number of carbonyl (C=O) groups excluding carboxylic acids is 1. The predicted molar refractivity (Wildman–Crippen MR) is 81.7 cm³/mol. The zero-order valence-electron chi connectivity index (χ0n) is 10.8. The Morgan fingerprint density at radius 2 is 2.05 bits per heavy atom. The van der Waals surface area contributed by atoms with E-state index >= 15 is 0 Å². The zero-order chi connectivity index (χ0) is 13.9. The average molecular weight is 308 g/mol. The molecule has 1 fully saturated rings. The molecule has 2 aromatic rings. The molecule has 0 aliphatic carbocycles. The van der Waals surface area contributed by atoms with Gasteiger partial charge in [-0.15, -0.1) is 11.3 Å². The minimum absolute atomic E-state index is 0.0817. The highest BCUT2D eigenvalue weighted by Crippen LogP contribution is 2.21. The first-order valence-electron chi connectivity index (χ1n) is 6.42. The summed E-state index contributed by atoms with van der Waals surface area (Å²) in [4.78, 5) is 21.0.